The normalized spacial score (nSPS) is 23.2. The fourth-order valence-electron chi connectivity index (χ4n) is 3.84. The van der Waals surface area contributed by atoms with Crippen molar-refractivity contribution in [3.05, 3.63) is 29.3 Å². The van der Waals surface area contributed by atoms with E-state index in [-0.39, 0.29) is 12.0 Å². The van der Waals surface area contributed by atoms with E-state index in [0.717, 1.165) is 44.5 Å². The van der Waals surface area contributed by atoms with Gasteiger partial charge in [0.2, 0.25) is 5.91 Å². The molecule has 2 N–H and O–H groups in total. The SMILES string of the molecule is COc1ccc2c(c1)CCC2C(=O)N1CCC(C(C)N)CC1. The highest BCUT2D eigenvalue weighted by Crippen LogP contribution is 2.37. The molecule has 1 aromatic rings. The van der Waals surface area contributed by atoms with Crippen LogP contribution in [0.25, 0.3) is 0 Å². The molecule has 1 saturated heterocycles. The van der Waals surface area contributed by atoms with Gasteiger partial charge in [-0.3, -0.25) is 4.79 Å². The first-order valence-electron chi connectivity index (χ1n) is 8.31. The van der Waals surface area contributed by atoms with Gasteiger partial charge in [-0.1, -0.05) is 6.07 Å². The monoisotopic (exact) mass is 302 g/mol. The fourth-order valence-corrected chi connectivity index (χ4v) is 3.84. The van der Waals surface area contributed by atoms with E-state index >= 15 is 0 Å². The molecule has 2 aliphatic rings. The molecule has 0 aromatic heterocycles. The molecule has 2 atom stereocenters. The number of fused-ring (bicyclic) bond motifs is 1. The summed E-state index contributed by atoms with van der Waals surface area (Å²) in [7, 11) is 1.68. The molecule has 1 aliphatic heterocycles. The van der Waals surface area contributed by atoms with Crippen molar-refractivity contribution < 1.29 is 9.53 Å². The van der Waals surface area contributed by atoms with E-state index in [1.165, 1.54) is 11.1 Å². The molecule has 4 nitrogen and oxygen atoms in total. The van der Waals surface area contributed by atoms with Gasteiger partial charge in [-0.05, 0) is 61.8 Å². The van der Waals surface area contributed by atoms with E-state index in [9.17, 15) is 4.79 Å². The van der Waals surface area contributed by atoms with Crippen LogP contribution in [0.4, 0.5) is 0 Å². The summed E-state index contributed by atoms with van der Waals surface area (Å²) in [5.41, 5.74) is 8.45. The molecule has 4 heteroatoms. The molecule has 1 aromatic carbocycles. The molecule has 0 saturated carbocycles. The standard InChI is InChI=1S/C18H26N2O2/c1-12(19)13-7-9-20(10-8-13)18(21)17-5-3-14-11-15(22-2)4-6-16(14)17/h4,6,11-13,17H,3,5,7-10,19H2,1-2H3. The van der Waals surface area contributed by atoms with Crippen molar-refractivity contribution in [3.8, 4) is 5.75 Å². The number of likely N-dealkylation sites (tertiary alicyclic amines) is 1. The number of methoxy groups -OCH3 is 1. The Morgan fingerprint density at radius 3 is 2.68 bits per heavy atom. The van der Waals surface area contributed by atoms with Crippen LogP contribution in [-0.2, 0) is 11.2 Å². The Morgan fingerprint density at radius 2 is 2.05 bits per heavy atom. The van der Waals surface area contributed by atoms with Gasteiger partial charge in [0.15, 0.2) is 0 Å². The van der Waals surface area contributed by atoms with Crippen LogP contribution in [0.5, 0.6) is 5.75 Å². The van der Waals surface area contributed by atoms with E-state index in [1.54, 1.807) is 7.11 Å². The molecular formula is C18H26N2O2. The molecule has 0 bridgehead atoms. The van der Waals surface area contributed by atoms with Crippen LogP contribution in [0.3, 0.4) is 0 Å². The van der Waals surface area contributed by atoms with E-state index in [4.69, 9.17) is 10.5 Å². The number of piperidine rings is 1. The number of aryl methyl sites for hydroxylation is 1. The first-order valence-corrected chi connectivity index (χ1v) is 8.31. The number of benzene rings is 1. The molecule has 1 fully saturated rings. The summed E-state index contributed by atoms with van der Waals surface area (Å²) >= 11 is 0. The second-order valence-corrected chi connectivity index (χ2v) is 6.68. The van der Waals surface area contributed by atoms with Gasteiger partial charge in [0, 0.05) is 19.1 Å². The van der Waals surface area contributed by atoms with Crippen LogP contribution in [-0.4, -0.2) is 37.0 Å². The lowest BCUT2D eigenvalue weighted by Gasteiger charge is -2.35. The highest BCUT2D eigenvalue weighted by atomic mass is 16.5. The third-order valence-electron chi connectivity index (χ3n) is 5.32. The second kappa shape index (κ2) is 6.29. The first-order chi connectivity index (χ1) is 10.6. The van der Waals surface area contributed by atoms with Gasteiger partial charge in [-0.2, -0.15) is 0 Å². The van der Waals surface area contributed by atoms with E-state index < -0.39 is 0 Å². The summed E-state index contributed by atoms with van der Waals surface area (Å²) < 4.78 is 5.28. The predicted molar refractivity (Wildman–Crippen MR) is 87.0 cm³/mol. The molecule has 22 heavy (non-hydrogen) atoms. The number of rotatable bonds is 3. The van der Waals surface area contributed by atoms with E-state index in [1.807, 2.05) is 11.0 Å². The smallest absolute Gasteiger partial charge is 0.230 e. The van der Waals surface area contributed by atoms with Crippen molar-refractivity contribution >= 4 is 5.91 Å². The lowest BCUT2D eigenvalue weighted by Crippen LogP contribution is -2.44. The summed E-state index contributed by atoms with van der Waals surface area (Å²) in [6.07, 6.45) is 3.96. The molecule has 1 aliphatic carbocycles. The van der Waals surface area contributed by atoms with E-state index in [0.29, 0.717) is 11.8 Å². The molecule has 1 heterocycles. The van der Waals surface area contributed by atoms with Gasteiger partial charge in [-0.25, -0.2) is 0 Å². The Labute approximate surface area is 132 Å². The van der Waals surface area contributed by atoms with Gasteiger partial charge in [0.05, 0.1) is 13.0 Å². The van der Waals surface area contributed by atoms with Gasteiger partial charge in [0.25, 0.3) is 0 Å². The fraction of sp³-hybridized carbons (Fsp3) is 0.611. The van der Waals surface area contributed by atoms with Crippen LogP contribution < -0.4 is 10.5 Å². The molecule has 0 spiro atoms. The molecule has 120 valence electrons. The van der Waals surface area contributed by atoms with Gasteiger partial charge < -0.3 is 15.4 Å². The zero-order valence-corrected chi connectivity index (χ0v) is 13.5. The quantitative estimate of drug-likeness (QED) is 0.932. The summed E-state index contributed by atoms with van der Waals surface area (Å²) in [4.78, 5) is 14.9. The zero-order chi connectivity index (χ0) is 15.7. The minimum absolute atomic E-state index is 0.0350. The maximum atomic E-state index is 12.9. The minimum Gasteiger partial charge on any atom is -0.497 e. The van der Waals surface area contributed by atoms with Crippen molar-refractivity contribution in [2.45, 2.75) is 44.6 Å². The molecule has 2 unspecified atom stereocenters. The largest absolute Gasteiger partial charge is 0.497 e. The Morgan fingerprint density at radius 1 is 1.32 bits per heavy atom. The first kappa shape index (κ1) is 15.3. The average molecular weight is 302 g/mol. The van der Waals surface area contributed by atoms with Gasteiger partial charge in [0.1, 0.15) is 5.75 Å². The molecule has 3 rings (SSSR count). The van der Waals surface area contributed by atoms with Crippen LogP contribution in [0.1, 0.15) is 43.2 Å². The lowest BCUT2D eigenvalue weighted by molar-refractivity contribution is -0.134. The number of amides is 1. The van der Waals surface area contributed by atoms with Crippen LogP contribution in [0, 0.1) is 5.92 Å². The minimum atomic E-state index is 0.0350. The van der Waals surface area contributed by atoms with Crippen molar-refractivity contribution in [2.24, 2.45) is 11.7 Å². The summed E-state index contributed by atoms with van der Waals surface area (Å²) in [6.45, 7) is 3.78. The van der Waals surface area contributed by atoms with Crippen LogP contribution >= 0.6 is 0 Å². The highest BCUT2D eigenvalue weighted by Gasteiger charge is 2.34. The Bertz CT molecular complexity index is 548. The van der Waals surface area contributed by atoms with Gasteiger partial charge in [-0.15, -0.1) is 0 Å². The summed E-state index contributed by atoms with van der Waals surface area (Å²) in [5.74, 6) is 1.77. The lowest BCUT2D eigenvalue weighted by atomic mass is 9.90. The second-order valence-electron chi connectivity index (χ2n) is 6.68. The maximum absolute atomic E-state index is 12.9. The average Bonchev–Trinajstić information content (AvgIpc) is 2.97. The maximum Gasteiger partial charge on any atom is 0.230 e. The number of nitrogens with zero attached hydrogens (tertiary/aromatic N) is 1. The molecule has 1 amide bonds. The van der Waals surface area contributed by atoms with Crippen LogP contribution in [0.2, 0.25) is 0 Å². The third-order valence-corrected chi connectivity index (χ3v) is 5.32. The third kappa shape index (κ3) is 2.84. The van der Waals surface area contributed by atoms with Crippen molar-refractivity contribution in [1.82, 2.24) is 4.90 Å². The Balaban J connectivity index is 1.68. The summed E-state index contributed by atoms with van der Waals surface area (Å²) in [6, 6.07) is 6.34. The zero-order valence-electron chi connectivity index (χ0n) is 13.5. The van der Waals surface area contributed by atoms with Crippen molar-refractivity contribution in [3.63, 3.8) is 0 Å². The van der Waals surface area contributed by atoms with Crippen LogP contribution in [0.15, 0.2) is 18.2 Å². The highest BCUT2D eigenvalue weighted by molar-refractivity contribution is 5.85. The Kier molecular flexibility index (Phi) is 4.39. The van der Waals surface area contributed by atoms with Crippen molar-refractivity contribution in [2.75, 3.05) is 20.2 Å². The number of carbonyl (C=O) groups excluding carboxylic acids is 1. The molecule has 0 radical (unpaired) electrons. The summed E-state index contributed by atoms with van der Waals surface area (Å²) in [5, 5.41) is 0. The predicted octanol–water partition coefficient (Wildman–Crippen LogP) is 2.31. The van der Waals surface area contributed by atoms with Gasteiger partial charge >= 0.3 is 0 Å². The number of hydrogen-bond acceptors (Lipinski definition) is 3. The Hall–Kier alpha value is -1.55. The number of nitrogens with two attached hydrogens (primary N) is 1. The topological polar surface area (TPSA) is 55.6 Å². The number of carbonyl (C=O) groups is 1. The number of ether oxygens (including phenoxy) is 1. The van der Waals surface area contributed by atoms with E-state index in [2.05, 4.69) is 19.1 Å². The van der Waals surface area contributed by atoms with Crippen molar-refractivity contribution in [1.29, 1.82) is 0 Å². The molecular weight excluding hydrogens is 276 g/mol. The number of hydrogen-bond donors (Lipinski definition) is 1.